The third-order valence-corrected chi connectivity index (χ3v) is 5.39. The molecule has 3 heterocycles. The van der Waals surface area contributed by atoms with Gasteiger partial charge in [0.1, 0.15) is 5.82 Å². The van der Waals surface area contributed by atoms with E-state index < -0.39 is 0 Å². The number of H-pyrrole nitrogens is 1. The average Bonchev–Trinajstić information content (AvgIpc) is 3.30. The van der Waals surface area contributed by atoms with Crippen molar-refractivity contribution in [3.63, 3.8) is 0 Å². The fourth-order valence-electron chi connectivity index (χ4n) is 3.68. The highest BCUT2D eigenvalue weighted by molar-refractivity contribution is 5.81. The Hall–Kier alpha value is -2.32. The molecule has 0 spiro atoms. The predicted octanol–water partition coefficient (Wildman–Crippen LogP) is 0.0260. The van der Waals surface area contributed by atoms with Gasteiger partial charge in [-0.25, -0.2) is 14.3 Å². The van der Waals surface area contributed by atoms with Crippen molar-refractivity contribution in [2.75, 3.05) is 26.7 Å². The molecule has 1 aliphatic carbocycles. The standard InChI is InChI=1S/C16H24N6O3/c1-20-9-11(8-13(20)23)17-15(24)21-6-4-12(5-7-21)22-16(25)18-14(19-22)10-2-3-10/h10-12H,2-9H2,1H3,(H,17,24)(H,18,19,25). The van der Waals surface area contributed by atoms with Crippen LogP contribution in [0.2, 0.25) is 0 Å². The molecule has 1 atom stereocenters. The Morgan fingerprint density at radius 2 is 1.92 bits per heavy atom. The summed E-state index contributed by atoms with van der Waals surface area (Å²) in [5.74, 6) is 1.29. The first kappa shape index (κ1) is 16.2. The van der Waals surface area contributed by atoms with Crippen LogP contribution in [-0.4, -0.2) is 69.2 Å². The zero-order valence-electron chi connectivity index (χ0n) is 14.4. The number of amides is 3. The summed E-state index contributed by atoms with van der Waals surface area (Å²) in [6.45, 7) is 1.74. The van der Waals surface area contributed by atoms with Gasteiger partial charge in [-0.15, -0.1) is 0 Å². The number of aromatic amines is 1. The molecule has 0 radical (unpaired) electrons. The van der Waals surface area contributed by atoms with Crippen LogP contribution in [-0.2, 0) is 4.79 Å². The summed E-state index contributed by atoms with van der Waals surface area (Å²) < 4.78 is 1.56. The van der Waals surface area contributed by atoms with Gasteiger partial charge in [0.25, 0.3) is 0 Å². The van der Waals surface area contributed by atoms with Gasteiger partial charge in [-0.3, -0.25) is 9.78 Å². The van der Waals surface area contributed by atoms with Gasteiger partial charge < -0.3 is 15.1 Å². The lowest BCUT2D eigenvalue weighted by atomic mass is 10.1. The van der Waals surface area contributed by atoms with Gasteiger partial charge in [-0.1, -0.05) is 0 Å². The zero-order chi connectivity index (χ0) is 17.6. The SMILES string of the molecule is CN1CC(NC(=O)N2CCC(n3nc(C4CC4)[nH]c3=O)CC2)CC1=O. The molecule has 1 aromatic heterocycles. The molecule has 0 aromatic carbocycles. The van der Waals surface area contributed by atoms with Crippen LogP contribution in [0, 0.1) is 0 Å². The number of urea groups is 1. The van der Waals surface area contributed by atoms with Gasteiger partial charge in [-0.05, 0) is 25.7 Å². The molecule has 2 aliphatic heterocycles. The van der Waals surface area contributed by atoms with E-state index in [1.807, 2.05) is 0 Å². The summed E-state index contributed by atoms with van der Waals surface area (Å²) in [7, 11) is 1.75. The van der Waals surface area contributed by atoms with E-state index in [1.165, 1.54) is 0 Å². The molecule has 1 aromatic rings. The lowest BCUT2D eigenvalue weighted by molar-refractivity contribution is -0.126. The Labute approximate surface area is 145 Å². The second-order valence-corrected chi connectivity index (χ2v) is 7.38. The van der Waals surface area contributed by atoms with Crippen LogP contribution in [0.25, 0.3) is 0 Å². The van der Waals surface area contributed by atoms with E-state index in [4.69, 9.17) is 0 Å². The number of nitrogens with one attached hydrogen (secondary N) is 2. The van der Waals surface area contributed by atoms with Gasteiger partial charge in [0.2, 0.25) is 5.91 Å². The average molecular weight is 348 g/mol. The van der Waals surface area contributed by atoms with E-state index in [2.05, 4.69) is 15.4 Å². The van der Waals surface area contributed by atoms with E-state index in [9.17, 15) is 14.4 Å². The Bertz CT molecular complexity index is 728. The van der Waals surface area contributed by atoms with Gasteiger partial charge in [0.05, 0.1) is 12.1 Å². The monoisotopic (exact) mass is 348 g/mol. The summed E-state index contributed by atoms with van der Waals surface area (Å²) in [5, 5.41) is 7.39. The lowest BCUT2D eigenvalue weighted by Crippen LogP contribution is -2.49. The fourth-order valence-corrected chi connectivity index (χ4v) is 3.68. The van der Waals surface area contributed by atoms with E-state index in [0.29, 0.717) is 44.8 Å². The predicted molar refractivity (Wildman–Crippen MR) is 89.2 cm³/mol. The number of carbonyl (C=O) groups is 2. The maximum atomic E-state index is 12.4. The van der Waals surface area contributed by atoms with Crippen molar-refractivity contribution in [3.05, 3.63) is 16.3 Å². The van der Waals surface area contributed by atoms with Crippen molar-refractivity contribution in [3.8, 4) is 0 Å². The Morgan fingerprint density at radius 3 is 2.52 bits per heavy atom. The smallest absolute Gasteiger partial charge is 0.343 e. The number of nitrogens with zero attached hydrogens (tertiary/aromatic N) is 4. The molecular weight excluding hydrogens is 324 g/mol. The minimum atomic E-state index is -0.141. The van der Waals surface area contributed by atoms with Crippen LogP contribution in [0.15, 0.2) is 4.79 Å². The van der Waals surface area contributed by atoms with Crippen LogP contribution in [0.3, 0.4) is 0 Å². The zero-order valence-corrected chi connectivity index (χ0v) is 14.4. The first-order chi connectivity index (χ1) is 12.0. The number of aromatic nitrogens is 3. The van der Waals surface area contributed by atoms with Gasteiger partial charge >= 0.3 is 11.7 Å². The number of hydrogen-bond acceptors (Lipinski definition) is 4. The quantitative estimate of drug-likeness (QED) is 0.804. The molecule has 0 bridgehead atoms. The lowest BCUT2D eigenvalue weighted by Gasteiger charge is -2.32. The largest absolute Gasteiger partial charge is 0.344 e. The van der Waals surface area contributed by atoms with Gasteiger partial charge in [0, 0.05) is 39.0 Å². The van der Waals surface area contributed by atoms with Crippen molar-refractivity contribution in [1.29, 1.82) is 0 Å². The molecule has 136 valence electrons. The van der Waals surface area contributed by atoms with Gasteiger partial charge in [-0.2, -0.15) is 5.10 Å². The number of carbonyl (C=O) groups excluding carboxylic acids is 2. The number of likely N-dealkylation sites (N-methyl/N-ethyl adjacent to an activating group) is 1. The summed E-state index contributed by atoms with van der Waals surface area (Å²) in [4.78, 5) is 42.3. The Balaban J connectivity index is 1.31. The van der Waals surface area contributed by atoms with Crippen LogP contribution < -0.4 is 11.0 Å². The molecule has 25 heavy (non-hydrogen) atoms. The summed E-state index contributed by atoms with van der Waals surface area (Å²) in [6, 6.07) is -0.197. The molecule has 1 saturated carbocycles. The van der Waals surface area contributed by atoms with Crippen LogP contribution in [0.1, 0.15) is 49.9 Å². The third-order valence-electron chi connectivity index (χ3n) is 5.39. The number of rotatable bonds is 3. The van der Waals surface area contributed by atoms with Crippen molar-refractivity contribution in [2.45, 2.75) is 50.1 Å². The third kappa shape index (κ3) is 3.27. The molecule has 2 N–H and O–H groups in total. The van der Waals surface area contributed by atoms with E-state index >= 15 is 0 Å². The van der Waals surface area contributed by atoms with E-state index in [1.54, 1.807) is 21.5 Å². The molecule has 1 unspecified atom stereocenters. The van der Waals surface area contributed by atoms with Crippen molar-refractivity contribution in [2.24, 2.45) is 0 Å². The first-order valence-electron chi connectivity index (χ1n) is 8.99. The molecule has 4 rings (SSSR count). The summed E-state index contributed by atoms with van der Waals surface area (Å²) in [5.41, 5.74) is -0.141. The Kier molecular flexibility index (Phi) is 4.01. The van der Waals surface area contributed by atoms with Crippen molar-refractivity contribution >= 4 is 11.9 Å². The van der Waals surface area contributed by atoms with E-state index in [-0.39, 0.29) is 29.7 Å². The molecule has 3 aliphatic rings. The summed E-state index contributed by atoms with van der Waals surface area (Å²) >= 11 is 0. The Morgan fingerprint density at radius 1 is 1.20 bits per heavy atom. The van der Waals surface area contributed by atoms with Crippen LogP contribution >= 0.6 is 0 Å². The molecule has 9 nitrogen and oxygen atoms in total. The first-order valence-corrected chi connectivity index (χ1v) is 8.99. The normalized spacial score (nSPS) is 24.8. The molecule has 3 amide bonds. The minimum absolute atomic E-state index is 0.0412. The summed E-state index contributed by atoms with van der Waals surface area (Å²) in [6.07, 6.45) is 4.00. The molecule has 9 heteroatoms. The number of piperidine rings is 1. The molecule has 2 saturated heterocycles. The second kappa shape index (κ2) is 6.20. The van der Waals surface area contributed by atoms with E-state index in [0.717, 1.165) is 18.7 Å². The highest BCUT2D eigenvalue weighted by Gasteiger charge is 2.32. The number of likely N-dealkylation sites (tertiary alicyclic amines) is 2. The number of hydrogen-bond donors (Lipinski definition) is 2. The highest BCUT2D eigenvalue weighted by atomic mass is 16.2. The molecular formula is C16H24N6O3. The maximum absolute atomic E-state index is 12.4. The van der Waals surface area contributed by atoms with Crippen molar-refractivity contribution < 1.29 is 9.59 Å². The van der Waals surface area contributed by atoms with Crippen LogP contribution in [0.4, 0.5) is 4.79 Å². The van der Waals surface area contributed by atoms with Crippen molar-refractivity contribution in [1.82, 2.24) is 29.9 Å². The second-order valence-electron chi connectivity index (χ2n) is 7.38. The fraction of sp³-hybridized carbons (Fsp3) is 0.750. The highest BCUT2D eigenvalue weighted by Crippen LogP contribution is 2.37. The molecule has 3 fully saturated rings. The van der Waals surface area contributed by atoms with Crippen LogP contribution in [0.5, 0.6) is 0 Å². The van der Waals surface area contributed by atoms with Gasteiger partial charge in [0.15, 0.2) is 0 Å². The maximum Gasteiger partial charge on any atom is 0.343 e. The minimum Gasteiger partial charge on any atom is -0.344 e. The topological polar surface area (TPSA) is 103 Å².